The third-order valence-corrected chi connectivity index (χ3v) is 6.48. The van der Waals surface area contributed by atoms with E-state index in [1.165, 1.54) is 28.8 Å². The van der Waals surface area contributed by atoms with E-state index in [-0.39, 0.29) is 24.0 Å². The largest absolute Gasteiger partial charge is 0.491 e. The summed E-state index contributed by atoms with van der Waals surface area (Å²) in [6, 6.07) is 17.9. The first-order valence-electron chi connectivity index (χ1n) is 11.8. The van der Waals surface area contributed by atoms with Crippen molar-refractivity contribution in [1.82, 2.24) is 20.4 Å². The van der Waals surface area contributed by atoms with Crippen LogP contribution in [0.15, 0.2) is 48.5 Å². The van der Waals surface area contributed by atoms with Gasteiger partial charge >= 0.3 is 0 Å². The summed E-state index contributed by atoms with van der Waals surface area (Å²) in [5.41, 5.74) is 7.08. The molecule has 1 aliphatic heterocycles. The van der Waals surface area contributed by atoms with Crippen molar-refractivity contribution in [3.63, 3.8) is 0 Å². The number of piperidine rings is 1. The lowest BCUT2D eigenvalue weighted by atomic mass is 9.92. The van der Waals surface area contributed by atoms with Gasteiger partial charge in [-0.05, 0) is 83.3 Å². The second-order valence-corrected chi connectivity index (χ2v) is 9.14. The summed E-state index contributed by atoms with van der Waals surface area (Å²) in [6.45, 7) is 12.3. The number of aryl methyl sites for hydroxylation is 1. The summed E-state index contributed by atoms with van der Waals surface area (Å²) >= 11 is 0. The summed E-state index contributed by atoms with van der Waals surface area (Å²) in [4.78, 5) is 0. The summed E-state index contributed by atoms with van der Waals surface area (Å²) in [7, 11) is 0. The molecule has 2 heterocycles. The lowest BCUT2D eigenvalue weighted by Gasteiger charge is -2.34. The molecule has 7 heteroatoms. The van der Waals surface area contributed by atoms with E-state index in [2.05, 4.69) is 93.8 Å². The van der Waals surface area contributed by atoms with E-state index in [1.807, 2.05) is 4.68 Å². The van der Waals surface area contributed by atoms with Gasteiger partial charge in [-0.3, -0.25) is 0 Å². The number of hydrogen-bond donors (Lipinski definition) is 2. The SMILES string of the molecule is Cc1nn(-c2ccc(OC(C)C)c(CNC3CCCNC3c3ccccc3)c2)c(C)c1C.Cl.O. The molecule has 0 bridgehead atoms. The molecule has 0 saturated carbocycles. The number of halogens is 1. The third-order valence-electron chi connectivity index (χ3n) is 6.48. The molecule has 0 spiro atoms. The lowest BCUT2D eigenvalue weighted by Crippen LogP contribution is -2.45. The fourth-order valence-corrected chi connectivity index (χ4v) is 4.54. The molecule has 1 aliphatic rings. The van der Waals surface area contributed by atoms with E-state index in [0.29, 0.717) is 12.1 Å². The normalized spacial score (nSPS) is 17.7. The van der Waals surface area contributed by atoms with Gasteiger partial charge in [0.1, 0.15) is 5.75 Å². The minimum atomic E-state index is 0. The topological polar surface area (TPSA) is 82.6 Å². The predicted octanol–water partition coefficient (Wildman–Crippen LogP) is 4.76. The Hall–Kier alpha value is -2.38. The Balaban J connectivity index is 0.00000204. The Labute approximate surface area is 209 Å². The van der Waals surface area contributed by atoms with Gasteiger partial charge in [0.15, 0.2) is 0 Å². The van der Waals surface area contributed by atoms with Crippen molar-refractivity contribution in [2.24, 2.45) is 0 Å². The number of benzene rings is 2. The monoisotopic (exact) mass is 486 g/mol. The molecule has 0 radical (unpaired) electrons. The molecule has 6 nitrogen and oxygen atoms in total. The molecule has 4 N–H and O–H groups in total. The zero-order valence-corrected chi connectivity index (χ0v) is 21.7. The zero-order chi connectivity index (χ0) is 22.7. The maximum absolute atomic E-state index is 6.16. The Bertz CT molecular complexity index is 1050. The van der Waals surface area contributed by atoms with Gasteiger partial charge in [-0.1, -0.05) is 30.3 Å². The van der Waals surface area contributed by atoms with Crippen molar-refractivity contribution in [3.8, 4) is 11.4 Å². The molecule has 2 atom stereocenters. The second-order valence-electron chi connectivity index (χ2n) is 9.14. The maximum Gasteiger partial charge on any atom is 0.124 e. The van der Waals surface area contributed by atoms with Crippen LogP contribution in [-0.4, -0.2) is 33.9 Å². The van der Waals surface area contributed by atoms with Crippen LogP contribution in [0.2, 0.25) is 0 Å². The number of hydrogen-bond acceptors (Lipinski definition) is 4. The lowest BCUT2D eigenvalue weighted by molar-refractivity contribution is 0.238. The molecule has 0 amide bonds. The van der Waals surface area contributed by atoms with Crippen molar-refractivity contribution in [2.45, 2.75) is 72.2 Å². The number of ether oxygens (including phenoxy) is 1. The Morgan fingerprint density at radius 1 is 1.12 bits per heavy atom. The Morgan fingerprint density at radius 3 is 2.50 bits per heavy atom. The van der Waals surface area contributed by atoms with Crippen LogP contribution in [0.25, 0.3) is 5.69 Å². The Kier molecular flexibility index (Phi) is 10.1. The molecule has 34 heavy (non-hydrogen) atoms. The van der Waals surface area contributed by atoms with E-state index in [1.54, 1.807) is 0 Å². The maximum atomic E-state index is 6.16. The smallest absolute Gasteiger partial charge is 0.124 e. The van der Waals surface area contributed by atoms with E-state index in [4.69, 9.17) is 9.84 Å². The quantitative estimate of drug-likeness (QED) is 0.504. The van der Waals surface area contributed by atoms with Gasteiger partial charge in [0.2, 0.25) is 0 Å². The molecule has 1 saturated heterocycles. The number of nitrogens with one attached hydrogen (secondary N) is 2. The molecule has 0 aliphatic carbocycles. The van der Waals surface area contributed by atoms with Gasteiger partial charge < -0.3 is 20.8 Å². The highest BCUT2D eigenvalue weighted by atomic mass is 35.5. The van der Waals surface area contributed by atoms with Crippen LogP contribution < -0.4 is 15.4 Å². The van der Waals surface area contributed by atoms with Crippen LogP contribution in [0.3, 0.4) is 0 Å². The first kappa shape index (κ1) is 27.9. The molecule has 1 aromatic heterocycles. The summed E-state index contributed by atoms with van der Waals surface area (Å²) in [5.74, 6) is 0.939. The van der Waals surface area contributed by atoms with Gasteiger partial charge in [-0.25, -0.2) is 4.68 Å². The van der Waals surface area contributed by atoms with E-state index in [0.717, 1.165) is 36.6 Å². The average molecular weight is 487 g/mol. The van der Waals surface area contributed by atoms with Crippen molar-refractivity contribution >= 4 is 12.4 Å². The number of nitrogens with zero attached hydrogens (tertiary/aromatic N) is 2. The average Bonchev–Trinajstić information content (AvgIpc) is 3.06. The summed E-state index contributed by atoms with van der Waals surface area (Å²) in [6.07, 6.45) is 2.47. The number of rotatable bonds is 7. The minimum absolute atomic E-state index is 0. The fourth-order valence-electron chi connectivity index (χ4n) is 4.54. The van der Waals surface area contributed by atoms with Crippen molar-refractivity contribution in [2.75, 3.05) is 6.54 Å². The predicted molar refractivity (Wildman–Crippen MR) is 141 cm³/mol. The molecule has 186 valence electrons. The van der Waals surface area contributed by atoms with E-state index in [9.17, 15) is 0 Å². The molecule has 2 aromatic carbocycles. The van der Waals surface area contributed by atoms with Crippen LogP contribution in [0.5, 0.6) is 5.75 Å². The highest BCUT2D eigenvalue weighted by Gasteiger charge is 2.26. The van der Waals surface area contributed by atoms with Gasteiger partial charge in [0, 0.05) is 29.9 Å². The summed E-state index contributed by atoms with van der Waals surface area (Å²) < 4.78 is 8.21. The molecule has 2 unspecified atom stereocenters. The van der Waals surface area contributed by atoms with Crippen LogP contribution in [0, 0.1) is 20.8 Å². The first-order valence-corrected chi connectivity index (χ1v) is 11.8. The van der Waals surface area contributed by atoms with E-state index < -0.39 is 0 Å². The fraction of sp³-hybridized carbons (Fsp3) is 0.444. The minimum Gasteiger partial charge on any atom is -0.491 e. The molecule has 1 fully saturated rings. The van der Waals surface area contributed by atoms with Crippen LogP contribution in [0.1, 0.15) is 60.8 Å². The van der Waals surface area contributed by atoms with E-state index >= 15 is 0 Å². The molecule has 4 rings (SSSR count). The standard InChI is InChI=1S/C27H36N4O.ClH.H2O/c1-18(2)32-26-14-13-24(31-21(5)19(3)20(4)30-31)16-23(26)17-29-25-12-9-15-28-27(25)22-10-7-6-8-11-22;;/h6-8,10-11,13-14,16,18,25,27-29H,9,12,15,17H2,1-5H3;1H;1H2. The van der Waals surface area contributed by atoms with Crippen LogP contribution in [0.4, 0.5) is 0 Å². The highest BCUT2D eigenvalue weighted by Crippen LogP contribution is 2.28. The second kappa shape index (κ2) is 12.4. The first-order chi connectivity index (χ1) is 15.4. The summed E-state index contributed by atoms with van der Waals surface area (Å²) in [5, 5.41) is 12.3. The Morgan fingerprint density at radius 2 is 1.85 bits per heavy atom. The van der Waals surface area contributed by atoms with Gasteiger partial charge in [0.05, 0.1) is 17.5 Å². The highest BCUT2D eigenvalue weighted by molar-refractivity contribution is 5.85. The number of aromatic nitrogens is 2. The molecular formula is C27H39ClN4O2. The van der Waals surface area contributed by atoms with Crippen LogP contribution in [-0.2, 0) is 6.54 Å². The van der Waals surface area contributed by atoms with Crippen molar-refractivity contribution in [1.29, 1.82) is 0 Å². The third kappa shape index (κ3) is 6.19. The molecule has 3 aromatic rings. The van der Waals surface area contributed by atoms with Crippen LogP contribution >= 0.6 is 12.4 Å². The van der Waals surface area contributed by atoms with Gasteiger partial charge in [0.25, 0.3) is 0 Å². The zero-order valence-electron chi connectivity index (χ0n) is 20.9. The van der Waals surface area contributed by atoms with Gasteiger partial charge in [-0.15, -0.1) is 12.4 Å². The van der Waals surface area contributed by atoms with Crippen molar-refractivity contribution < 1.29 is 10.2 Å². The van der Waals surface area contributed by atoms with Gasteiger partial charge in [-0.2, -0.15) is 5.10 Å². The molecular weight excluding hydrogens is 448 g/mol. The van der Waals surface area contributed by atoms with Crippen molar-refractivity contribution in [3.05, 3.63) is 76.6 Å².